The van der Waals surface area contributed by atoms with Gasteiger partial charge in [-0.2, -0.15) is 0 Å². The molecular weight excluding hydrogens is 384 g/mol. The van der Waals surface area contributed by atoms with Gasteiger partial charge in [-0.3, -0.25) is 0 Å². The number of hydrogen-bond donors (Lipinski definition) is 0. The van der Waals surface area contributed by atoms with Crippen LogP contribution in [0.2, 0.25) is 0 Å². The van der Waals surface area contributed by atoms with Gasteiger partial charge in [0, 0.05) is 0 Å². The Morgan fingerprint density at radius 2 is 1.62 bits per heavy atom. The molecule has 3 atom stereocenters. The van der Waals surface area contributed by atoms with Crippen molar-refractivity contribution in [1.29, 1.82) is 0 Å². The van der Waals surface area contributed by atoms with Gasteiger partial charge in [-0.1, -0.05) is 116 Å². The number of allylic oxidation sites excluding steroid dienone is 5. The third-order valence-corrected chi connectivity index (χ3v) is 6.33. The van der Waals surface area contributed by atoms with Crippen LogP contribution in [0.3, 0.4) is 0 Å². The van der Waals surface area contributed by atoms with Gasteiger partial charge in [-0.25, -0.2) is 0 Å². The summed E-state index contributed by atoms with van der Waals surface area (Å²) in [6.45, 7) is 16.6. The second-order valence-electron chi connectivity index (χ2n) is 8.78. The molecule has 0 saturated heterocycles. The van der Waals surface area contributed by atoms with Gasteiger partial charge in [0.2, 0.25) is 0 Å². The predicted octanol–water partition coefficient (Wildman–Crippen LogP) is 11.2. The van der Waals surface area contributed by atoms with E-state index in [1.165, 1.54) is 56.9 Å². The molecule has 3 unspecified atom stereocenters. The van der Waals surface area contributed by atoms with Crippen molar-refractivity contribution >= 4 is 0 Å². The van der Waals surface area contributed by atoms with E-state index in [-0.39, 0.29) is 14.9 Å². The van der Waals surface area contributed by atoms with E-state index >= 15 is 0 Å². The summed E-state index contributed by atoms with van der Waals surface area (Å²) >= 11 is 0. The Labute approximate surface area is 204 Å². The van der Waals surface area contributed by atoms with Gasteiger partial charge in [0.05, 0.1) is 0 Å². The fourth-order valence-corrected chi connectivity index (χ4v) is 3.78. The minimum Gasteiger partial charge on any atom is -0.103 e. The molecule has 0 radical (unpaired) electrons. The van der Waals surface area contributed by atoms with Crippen LogP contribution in [0.1, 0.15) is 113 Å². The molecule has 2 aliphatic carbocycles. The molecule has 0 heteroatoms. The summed E-state index contributed by atoms with van der Waals surface area (Å²) in [4.78, 5) is 0. The van der Waals surface area contributed by atoms with E-state index in [9.17, 15) is 0 Å². The summed E-state index contributed by atoms with van der Waals surface area (Å²) in [5.41, 5.74) is 3.01. The van der Waals surface area contributed by atoms with Crippen LogP contribution in [0.4, 0.5) is 0 Å². The molecule has 0 aromatic heterocycles. The average molecular weight is 443 g/mol. The highest BCUT2D eigenvalue weighted by molar-refractivity contribution is 5.13. The third-order valence-electron chi connectivity index (χ3n) is 6.33. The van der Waals surface area contributed by atoms with Crippen LogP contribution in [0.5, 0.6) is 0 Å². The van der Waals surface area contributed by atoms with Gasteiger partial charge in [0.25, 0.3) is 0 Å². The first-order chi connectivity index (χ1) is 14.5. The molecule has 3 rings (SSSR count). The molecule has 186 valence electrons. The molecule has 0 spiro atoms. The quantitative estimate of drug-likeness (QED) is 0.407. The van der Waals surface area contributed by atoms with Gasteiger partial charge in [-0.15, -0.1) is 6.58 Å². The lowest BCUT2D eigenvalue weighted by atomic mass is 9.81. The Bertz CT molecular complexity index is 563. The molecular formula is C32H58. The highest BCUT2D eigenvalue weighted by Gasteiger charge is 2.17. The lowest BCUT2D eigenvalue weighted by Gasteiger charge is -2.25. The van der Waals surface area contributed by atoms with Crippen molar-refractivity contribution in [3.8, 4) is 0 Å². The van der Waals surface area contributed by atoms with E-state index in [4.69, 9.17) is 0 Å². The molecule has 0 nitrogen and oxygen atoms in total. The Balaban J connectivity index is -0.000000365. The lowest BCUT2D eigenvalue weighted by Crippen LogP contribution is -2.13. The maximum Gasteiger partial charge on any atom is -0.0307 e. The smallest absolute Gasteiger partial charge is 0.0307 e. The Morgan fingerprint density at radius 1 is 1.00 bits per heavy atom. The summed E-state index contributed by atoms with van der Waals surface area (Å²) in [6.07, 6.45) is 20.8. The van der Waals surface area contributed by atoms with Crippen molar-refractivity contribution in [3.63, 3.8) is 0 Å². The van der Waals surface area contributed by atoms with E-state index in [2.05, 4.69) is 83.7 Å². The highest BCUT2D eigenvalue weighted by Crippen LogP contribution is 2.30. The zero-order valence-electron chi connectivity index (χ0n) is 21.0. The molecule has 0 bridgehead atoms. The van der Waals surface area contributed by atoms with Crippen molar-refractivity contribution < 1.29 is 0 Å². The van der Waals surface area contributed by atoms with Crippen LogP contribution in [-0.4, -0.2) is 0 Å². The van der Waals surface area contributed by atoms with Crippen molar-refractivity contribution in [3.05, 3.63) is 72.4 Å². The summed E-state index contributed by atoms with van der Waals surface area (Å²) < 4.78 is 0. The summed E-state index contributed by atoms with van der Waals surface area (Å²) in [5, 5.41) is 0. The topological polar surface area (TPSA) is 0 Å². The standard InChI is InChI=1S/C11H20.C8H14.C8H10.C3H6.2CH4/c1-4-10(3)11-7-5-9(2)6-8-11;2*1-2-8-6-4-3-5-7-8;1-3-2;;/h5,10-11H,4,6-8H2,1-3H3;3-4,8H,2,5-7H2,1H3;3-7H,2H2,1H3;3H,1H2,2H3;2*1H4. The largest absolute Gasteiger partial charge is 0.103 e. The first-order valence-corrected chi connectivity index (χ1v) is 12.4. The number of hydrogen-bond acceptors (Lipinski definition) is 0. The normalized spacial score (nSPS) is 19.4. The van der Waals surface area contributed by atoms with E-state index < -0.39 is 0 Å². The number of aryl methyl sites for hydroxylation is 1. The Morgan fingerprint density at radius 3 is 1.97 bits per heavy atom. The average Bonchev–Trinajstić information content (AvgIpc) is 2.81. The minimum absolute atomic E-state index is 0. The second-order valence-corrected chi connectivity index (χ2v) is 8.78. The molecule has 0 N–H and O–H groups in total. The van der Waals surface area contributed by atoms with Crippen molar-refractivity contribution in [2.24, 2.45) is 17.8 Å². The number of benzene rings is 1. The monoisotopic (exact) mass is 442 g/mol. The van der Waals surface area contributed by atoms with Crippen LogP contribution in [0, 0.1) is 17.8 Å². The first-order valence-electron chi connectivity index (χ1n) is 12.4. The Kier molecular flexibility index (Phi) is 26.4. The van der Waals surface area contributed by atoms with Crippen LogP contribution in [0.15, 0.2) is 66.8 Å². The molecule has 32 heavy (non-hydrogen) atoms. The van der Waals surface area contributed by atoms with Crippen LogP contribution in [0.25, 0.3) is 0 Å². The molecule has 1 aromatic carbocycles. The van der Waals surface area contributed by atoms with E-state index in [0.29, 0.717) is 0 Å². The molecule has 0 amide bonds. The SMILES string of the molecule is C.C.C=CC.CCC(C)C1CC=C(C)CC1.CCC1CC=CCC1.CCc1ccccc1. The summed E-state index contributed by atoms with van der Waals surface area (Å²) in [5.74, 6) is 2.91. The third kappa shape index (κ3) is 18.1. The molecule has 1 aromatic rings. The molecule has 0 saturated carbocycles. The lowest BCUT2D eigenvalue weighted by molar-refractivity contribution is 0.319. The van der Waals surface area contributed by atoms with Crippen LogP contribution < -0.4 is 0 Å². The summed E-state index contributed by atoms with van der Waals surface area (Å²) in [7, 11) is 0. The van der Waals surface area contributed by atoms with Gasteiger partial charge < -0.3 is 0 Å². The highest BCUT2D eigenvalue weighted by atomic mass is 14.2. The molecule has 0 heterocycles. The summed E-state index contributed by atoms with van der Waals surface area (Å²) in [6, 6.07) is 10.5. The fourth-order valence-electron chi connectivity index (χ4n) is 3.78. The van der Waals surface area contributed by atoms with Crippen LogP contribution in [-0.2, 0) is 6.42 Å². The van der Waals surface area contributed by atoms with E-state index in [1.807, 2.05) is 13.0 Å². The zero-order valence-corrected chi connectivity index (χ0v) is 21.0. The Hall–Kier alpha value is -1.56. The van der Waals surface area contributed by atoms with Gasteiger partial charge in [-0.05, 0) is 82.1 Å². The second kappa shape index (κ2) is 24.1. The number of rotatable bonds is 4. The first kappa shape index (κ1) is 35.0. The van der Waals surface area contributed by atoms with Gasteiger partial charge in [0.15, 0.2) is 0 Å². The van der Waals surface area contributed by atoms with Crippen molar-refractivity contribution in [2.45, 2.75) is 114 Å². The maximum atomic E-state index is 3.36. The van der Waals surface area contributed by atoms with Gasteiger partial charge in [0.1, 0.15) is 0 Å². The molecule has 0 fully saturated rings. The predicted molar refractivity (Wildman–Crippen MR) is 152 cm³/mol. The van der Waals surface area contributed by atoms with Gasteiger partial charge >= 0.3 is 0 Å². The fraction of sp³-hybridized carbons (Fsp3) is 0.625. The van der Waals surface area contributed by atoms with E-state index in [0.717, 1.165) is 24.2 Å². The van der Waals surface area contributed by atoms with Crippen molar-refractivity contribution in [2.75, 3.05) is 0 Å². The maximum absolute atomic E-state index is 3.36. The van der Waals surface area contributed by atoms with E-state index in [1.54, 1.807) is 11.6 Å². The van der Waals surface area contributed by atoms with Crippen molar-refractivity contribution in [1.82, 2.24) is 0 Å². The minimum atomic E-state index is 0. The molecule has 0 aliphatic heterocycles. The van der Waals surface area contributed by atoms with Crippen LogP contribution >= 0.6 is 0 Å². The molecule has 2 aliphatic rings. The zero-order chi connectivity index (χ0) is 22.6.